The zero-order chi connectivity index (χ0) is 10.6. The van der Waals surface area contributed by atoms with Crippen LogP contribution in [0, 0.1) is 6.92 Å². The Kier molecular flexibility index (Phi) is 1.71. The number of carbonyl (C=O) groups excluding carboxylic acids is 1. The van der Waals surface area contributed by atoms with Crippen molar-refractivity contribution in [2.24, 2.45) is 0 Å². The van der Waals surface area contributed by atoms with Crippen LogP contribution in [0.2, 0.25) is 5.02 Å². The van der Waals surface area contributed by atoms with Crippen LogP contribution >= 0.6 is 11.6 Å². The van der Waals surface area contributed by atoms with Crippen LogP contribution < -0.4 is 0 Å². The Balaban J connectivity index is 2.44. The SMILES string of the molecule is Cc1cc(Cl)c2[nH]c3c(c2c1)CCC3=O. The number of Topliss-reactive ketones (excluding diaryl/α,β-unsaturated/α-hetero) is 1. The molecule has 0 unspecified atom stereocenters. The van der Waals surface area contributed by atoms with Crippen LogP contribution in [0.15, 0.2) is 12.1 Å². The van der Waals surface area contributed by atoms with Gasteiger partial charge in [0.2, 0.25) is 0 Å². The molecule has 15 heavy (non-hydrogen) atoms. The summed E-state index contributed by atoms with van der Waals surface area (Å²) in [6, 6.07) is 4.01. The normalized spacial score (nSPS) is 14.9. The molecular formula is C12H10ClNO. The molecule has 0 radical (unpaired) electrons. The van der Waals surface area contributed by atoms with E-state index in [9.17, 15) is 4.79 Å². The lowest BCUT2D eigenvalue weighted by Crippen LogP contribution is -1.91. The van der Waals surface area contributed by atoms with E-state index >= 15 is 0 Å². The monoisotopic (exact) mass is 219 g/mol. The number of hydrogen-bond donors (Lipinski definition) is 1. The van der Waals surface area contributed by atoms with Crippen molar-refractivity contribution in [3.63, 3.8) is 0 Å². The molecule has 0 fully saturated rings. The number of carbonyl (C=O) groups is 1. The Bertz CT molecular complexity index is 583. The first-order chi connectivity index (χ1) is 7.16. The van der Waals surface area contributed by atoms with E-state index in [1.807, 2.05) is 13.0 Å². The molecule has 1 aromatic carbocycles. The van der Waals surface area contributed by atoms with E-state index in [0.29, 0.717) is 11.4 Å². The molecule has 2 nitrogen and oxygen atoms in total. The molecule has 0 aliphatic heterocycles. The summed E-state index contributed by atoms with van der Waals surface area (Å²) in [5.74, 6) is 0.204. The quantitative estimate of drug-likeness (QED) is 0.725. The number of benzene rings is 1. The molecule has 0 saturated heterocycles. The van der Waals surface area contributed by atoms with Crippen LogP contribution in [0.3, 0.4) is 0 Å². The van der Waals surface area contributed by atoms with Gasteiger partial charge in [0.15, 0.2) is 5.78 Å². The Morgan fingerprint density at radius 2 is 2.13 bits per heavy atom. The molecule has 0 bridgehead atoms. The van der Waals surface area contributed by atoms with Gasteiger partial charge in [0, 0.05) is 11.8 Å². The molecule has 3 rings (SSSR count). The summed E-state index contributed by atoms with van der Waals surface area (Å²) in [4.78, 5) is 14.7. The number of H-pyrrole nitrogens is 1. The van der Waals surface area contributed by atoms with E-state index in [-0.39, 0.29) is 5.78 Å². The summed E-state index contributed by atoms with van der Waals surface area (Å²) in [7, 11) is 0. The van der Waals surface area contributed by atoms with Crippen molar-refractivity contribution in [2.45, 2.75) is 19.8 Å². The summed E-state index contributed by atoms with van der Waals surface area (Å²) in [5.41, 5.74) is 3.94. The first-order valence-electron chi connectivity index (χ1n) is 5.00. The molecule has 76 valence electrons. The van der Waals surface area contributed by atoms with Gasteiger partial charge in [-0.2, -0.15) is 0 Å². The van der Waals surface area contributed by atoms with E-state index in [4.69, 9.17) is 11.6 Å². The number of ketones is 1. The number of aromatic amines is 1. The predicted octanol–water partition coefficient (Wildman–Crippen LogP) is 3.26. The first kappa shape index (κ1) is 8.98. The van der Waals surface area contributed by atoms with Gasteiger partial charge in [0.05, 0.1) is 16.2 Å². The predicted molar refractivity (Wildman–Crippen MR) is 60.7 cm³/mol. The van der Waals surface area contributed by atoms with Gasteiger partial charge in [-0.15, -0.1) is 0 Å². The summed E-state index contributed by atoms with van der Waals surface area (Å²) < 4.78 is 0. The summed E-state index contributed by atoms with van der Waals surface area (Å²) in [5, 5.41) is 1.81. The lowest BCUT2D eigenvalue weighted by molar-refractivity contribution is 0.0991. The van der Waals surface area contributed by atoms with Gasteiger partial charge in [0.25, 0.3) is 0 Å². The van der Waals surface area contributed by atoms with Crippen molar-refractivity contribution in [1.82, 2.24) is 4.98 Å². The van der Waals surface area contributed by atoms with Gasteiger partial charge in [0.1, 0.15) is 0 Å². The van der Waals surface area contributed by atoms with E-state index in [1.54, 1.807) is 0 Å². The van der Waals surface area contributed by atoms with E-state index in [1.165, 1.54) is 0 Å². The summed E-state index contributed by atoms with van der Waals surface area (Å²) >= 11 is 6.13. The van der Waals surface area contributed by atoms with Crippen molar-refractivity contribution < 1.29 is 4.79 Å². The molecule has 1 aromatic heterocycles. The molecule has 3 heteroatoms. The minimum Gasteiger partial charge on any atom is -0.351 e. The van der Waals surface area contributed by atoms with Gasteiger partial charge >= 0.3 is 0 Å². The maximum atomic E-state index is 11.6. The van der Waals surface area contributed by atoms with Crippen molar-refractivity contribution >= 4 is 28.3 Å². The van der Waals surface area contributed by atoms with Crippen molar-refractivity contribution in [2.75, 3.05) is 0 Å². The van der Waals surface area contributed by atoms with Gasteiger partial charge in [-0.1, -0.05) is 11.6 Å². The van der Waals surface area contributed by atoms with Crippen LogP contribution in [-0.2, 0) is 6.42 Å². The number of rotatable bonds is 0. The standard InChI is InChI=1S/C12H10ClNO/c1-6-4-8-7-2-3-10(15)12(7)14-11(8)9(13)5-6/h4-5,14H,2-3H2,1H3. The van der Waals surface area contributed by atoms with Gasteiger partial charge < -0.3 is 4.98 Å². The highest BCUT2D eigenvalue weighted by molar-refractivity contribution is 6.35. The molecule has 0 spiro atoms. The molecule has 1 aliphatic carbocycles. The summed E-state index contributed by atoms with van der Waals surface area (Å²) in [6.07, 6.45) is 1.47. The Morgan fingerprint density at radius 1 is 1.33 bits per heavy atom. The van der Waals surface area contributed by atoms with Crippen LogP contribution in [0.25, 0.3) is 10.9 Å². The second kappa shape index (κ2) is 2.86. The Labute approximate surface area is 92.2 Å². The van der Waals surface area contributed by atoms with Crippen LogP contribution in [0.5, 0.6) is 0 Å². The Morgan fingerprint density at radius 3 is 2.93 bits per heavy atom. The molecular weight excluding hydrogens is 210 g/mol. The fourth-order valence-corrected chi connectivity index (χ4v) is 2.62. The number of hydrogen-bond acceptors (Lipinski definition) is 1. The average Bonchev–Trinajstić information content (AvgIpc) is 2.68. The smallest absolute Gasteiger partial charge is 0.179 e. The fourth-order valence-electron chi connectivity index (χ4n) is 2.30. The maximum absolute atomic E-state index is 11.6. The van der Waals surface area contributed by atoms with Gasteiger partial charge in [-0.05, 0) is 36.6 Å². The summed E-state index contributed by atoms with van der Waals surface area (Å²) in [6.45, 7) is 2.02. The lowest BCUT2D eigenvalue weighted by Gasteiger charge is -1.98. The maximum Gasteiger partial charge on any atom is 0.179 e. The second-order valence-electron chi connectivity index (χ2n) is 4.07. The molecule has 0 atom stereocenters. The zero-order valence-corrected chi connectivity index (χ0v) is 9.11. The molecule has 1 aliphatic rings. The van der Waals surface area contributed by atoms with Crippen LogP contribution in [0.1, 0.15) is 28.0 Å². The third-order valence-electron chi connectivity index (χ3n) is 2.99. The van der Waals surface area contributed by atoms with E-state index < -0.39 is 0 Å². The van der Waals surface area contributed by atoms with Crippen molar-refractivity contribution in [3.05, 3.63) is 34.0 Å². The minimum absolute atomic E-state index is 0.204. The van der Waals surface area contributed by atoms with Crippen LogP contribution in [-0.4, -0.2) is 10.8 Å². The van der Waals surface area contributed by atoms with E-state index in [2.05, 4.69) is 11.1 Å². The highest BCUT2D eigenvalue weighted by Crippen LogP contribution is 2.34. The second-order valence-corrected chi connectivity index (χ2v) is 4.48. The van der Waals surface area contributed by atoms with Gasteiger partial charge in [-0.25, -0.2) is 0 Å². The molecule has 2 aromatic rings. The van der Waals surface area contributed by atoms with E-state index in [0.717, 1.165) is 34.1 Å². The number of fused-ring (bicyclic) bond motifs is 3. The van der Waals surface area contributed by atoms with Crippen molar-refractivity contribution in [1.29, 1.82) is 0 Å². The zero-order valence-electron chi connectivity index (χ0n) is 8.36. The minimum atomic E-state index is 0.204. The largest absolute Gasteiger partial charge is 0.351 e. The highest BCUT2D eigenvalue weighted by Gasteiger charge is 2.24. The van der Waals surface area contributed by atoms with Crippen LogP contribution in [0.4, 0.5) is 0 Å². The van der Waals surface area contributed by atoms with Crippen molar-refractivity contribution in [3.8, 4) is 0 Å². The molecule has 0 amide bonds. The topological polar surface area (TPSA) is 32.9 Å². The number of nitrogens with one attached hydrogen (secondary N) is 1. The fraction of sp³-hybridized carbons (Fsp3) is 0.250. The van der Waals surface area contributed by atoms with Gasteiger partial charge in [-0.3, -0.25) is 4.79 Å². The third kappa shape index (κ3) is 1.15. The first-order valence-corrected chi connectivity index (χ1v) is 5.38. The number of halogens is 1. The number of aryl methyl sites for hydroxylation is 2. The molecule has 1 heterocycles. The number of aromatic nitrogens is 1. The third-order valence-corrected chi connectivity index (χ3v) is 3.29. The lowest BCUT2D eigenvalue weighted by atomic mass is 10.1. The average molecular weight is 220 g/mol. The molecule has 1 N–H and O–H groups in total. The highest BCUT2D eigenvalue weighted by atomic mass is 35.5. The molecule has 0 saturated carbocycles. The Hall–Kier alpha value is -1.28.